The standard InChI is InChI=1S/C13H7BrF3N3O2S/c1-23-12-19-10(9(5-18)11(21)20-12)6-2-7(14)4-8(3-6)22-13(15,16)17/h2-4H,1H3,(H,19,20,21). The fourth-order valence-corrected chi connectivity index (χ4v) is 2.60. The Morgan fingerprint density at radius 2 is 2.09 bits per heavy atom. The zero-order valence-corrected chi connectivity index (χ0v) is 13.8. The number of thioether (sulfide) groups is 1. The molecule has 0 amide bonds. The van der Waals surface area contributed by atoms with Gasteiger partial charge in [0.2, 0.25) is 0 Å². The van der Waals surface area contributed by atoms with E-state index in [1.54, 1.807) is 12.3 Å². The van der Waals surface area contributed by atoms with Crippen molar-refractivity contribution in [2.24, 2.45) is 0 Å². The van der Waals surface area contributed by atoms with E-state index < -0.39 is 17.7 Å². The Labute approximate surface area is 140 Å². The van der Waals surface area contributed by atoms with E-state index in [1.165, 1.54) is 6.07 Å². The summed E-state index contributed by atoms with van der Waals surface area (Å²) in [7, 11) is 0. The smallest absolute Gasteiger partial charge is 0.406 e. The van der Waals surface area contributed by atoms with Crippen LogP contribution in [0.25, 0.3) is 11.3 Å². The van der Waals surface area contributed by atoms with Crippen molar-refractivity contribution < 1.29 is 17.9 Å². The second kappa shape index (κ2) is 6.64. The van der Waals surface area contributed by atoms with E-state index in [9.17, 15) is 18.0 Å². The highest BCUT2D eigenvalue weighted by atomic mass is 79.9. The summed E-state index contributed by atoms with van der Waals surface area (Å²) in [6, 6.07) is 5.32. The first-order valence-electron chi connectivity index (χ1n) is 5.88. The Kier molecular flexibility index (Phi) is 5.01. The summed E-state index contributed by atoms with van der Waals surface area (Å²) in [6.45, 7) is 0. The molecule has 10 heteroatoms. The molecule has 0 saturated carbocycles. The maximum atomic E-state index is 12.4. The van der Waals surface area contributed by atoms with Crippen LogP contribution in [0.1, 0.15) is 5.56 Å². The van der Waals surface area contributed by atoms with Crippen LogP contribution in [0.2, 0.25) is 0 Å². The first-order chi connectivity index (χ1) is 10.7. The third-order valence-corrected chi connectivity index (χ3v) is 3.62. The van der Waals surface area contributed by atoms with Gasteiger partial charge in [-0.25, -0.2) is 4.98 Å². The quantitative estimate of drug-likeness (QED) is 0.622. The van der Waals surface area contributed by atoms with Crippen molar-refractivity contribution in [3.63, 3.8) is 0 Å². The van der Waals surface area contributed by atoms with Crippen molar-refractivity contribution in [2.45, 2.75) is 11.5 Å². The molecule has 23 heavy (non-hydrogen) atoms. The number of nitriles is 1. The molecule has 0 aliphatic carbocycles. The summed E-state index contributed by atoms with van der Waals surface area (Å²) in [5, 5.41) is 9.35. The SMILES string of the molecule is CSc1nc(-c2cc(Br)cc(OC(F)(F)F)c2)c(C#N)c(=O)[nH]1. The van der Waals surface area contributed by atoms with Crippen LogP contribution in [0.5, 0.6) is 5.75 Å². The van der Waals surface area contributed by atoms with Gasteiger partial charge in [0.15, 0.2) is 5.16 Å². The number of ether oxygens (including phenoxy) is 1. The molecule has 2 aromatic rings. The van der Waals surface area contributed by atoms with Gasteiger partial charge in [-0.3, -0.25) is 4.79 Å². The lowest BCUT2D eigenvalue weighted by Crippen LogP contribution is -2.17. The number of aromatic amines is 1. The molecule has 1 heterocycles. The molecule has 0 spiro atoms. The molecule has 0 bridgehead atoms. The van der Waals surface area contributed by atoms with Crippen LogP contribution >= 0.6 is 27.7 Å². The highest BCUT2D eigenvalue weighted by Crippen LogP contribution is 2.32. The average molecular weight is 406 g/mol. The Bertz CT molecular complexity index is 846. The van der Waals surface area contributed by atoms with Crippen LogP contribution in [0, 0.1) is 11.3 Å². The maximum absolute atomic E-state index is 12.4. The lowest BCUT2D eigenvalue weighted by molar-refractivity contribution is -0.274. The Morgan fingerprint density at radius 1 is 1.39 bits per heavy atom. The molecule has 0 fully saturated rings. The first-order valence-corrected chi connectivity index (χ1v) is 7.90. The van der Waals surface area contributed by atoms with Gasteiger partial charge in [0.05, 0.1) is 5.69 Å². The summed E-state index contributed by atoms with van der Waals surface area (Å²) in [6.07, 6.45) is -3.20. The van der Waals surface area contributed by atoms with Gasteiger partial charge in [-0.15, -0.1) is 13.2 Å². The molecule has 0 aliphatic heterocycles. The molecular weight excluding hydrogens is 399 g/mol. The molecule has 0 aliphatic rings. The van der Waals surface area contributed by atoms with Crippen LogP contribution in [0.4, 0.5) is 13.2 Å². The van der Waals surface area contributed by atoms with E-state index in [4.69, 9.17) is 5.26 Å². The van der Waals surface area contributed by atoms with Crippen molar-refractivity contribution in [3.8, 4) is 23.1 Å². The number of halogens is 4. The van der Waals surface area contributed by atoms with E-state index >= 15 is 0 Å². The number of nitrogens with one attached hydrogen (secondary N) is 1. The average Bonchev–Trinajstić information content (AvgIpc) is 2.43. The number of rotatable bonds is 3. The number of H-pyrrole nitrogens is 1. The Balaban J connectivity index is 2.65. The minimum absolute atomic E-state index is 0.0195. The molecule has 1 aromatic heterocycles. The maximum Gasteiger partial charge on any atom is 0.573 e. The number of aromatic nitrogens is 2. The molecule has 0 unspecified atom stereocenters. The van der Waals surface area contributed by atoms with Gasteiger partial charge in [0, 0.05) is 10.0 Å². The minimum Gasteiger partial charge on any atom is -0.406 e. The van der Waals surface area contributed by atoms with Crippen molar-refractivity contribution in [2.75, 3.05) is 6.26 Å². The second-order valence-electron chi connectivity index (χ2n) is 4.13. The summed E-state index contributed by atoms with van der Waals surface area (Å²) in [5.74, 6) is -0.487. The van der Waals surface area contributed by atoms with Crippen molar-refractivity contribution in [1.82, 2.24) is 9.97 Å². The number of benzene rings is 1. The van der Waals surface area contributed by atoms with Crippen LogP contribution < -0.4 is 10.3 Å². The highest BCUT2D eigenvalue weighted by molar-refractivity contribution is 9.10. The third-order valence-electron chi connectivity index (χ3n) is 2.58. The van der Waals surface area contributed by atoms with Gasteiger partial charge in [-0.05, 0) is 24.5 Å². The van der Waals surface area contributed by atoms with Gasteiger partial charge in [0.1, 0.15) is 17.4 Å². The largest absolute Gasteiger partial charge is 0.573 e. The molecule has 1 aromatic carbocycles. The molecule has 0 radical (unpaired) electrons. The predicted octanol–water partition coefficient (Wildman–Crippen LogP) is 3.69. The normalized spacial score (nSPS) is 11.1. The van der Waals surface area contributed by atoms with Gasteiger partial charge in [-0.2, -0.15) is 5.26 Å². The van der Waals surface area contributed by atoms with Crippen molar-refractivity contribution in [1.29, 1.82) is 5.26 Å². The lowest BCUT2D eigenvalue weighted by atomic mass is 10.1. The molecule has 5 nitrogen and oxygen atoms in total. The Morgan fingerprint density at radius 3 is 2.65 bits per heavy atom. The minimum atomic E-state index is -4.86. The van der Waals surface area contributed by atoms with E-state index in [-0.39, 0.29) is 26.4 Å². The molecule has 120 valence electrons. The van der Waals surface area contributed by atoms with E-state index in [1.807, 2.05) is 0 Å². The molecule has 0 saturated heterocycles. The summed E-state index contributed by atoms with van der Waals surface area (Å²) < 4.78 is 41.3. The van der Waals surface area contributed by atoms with E-state index in [0.717, 1.165) is 23.9 Å². The number of alkyl halides is 3. The van der Waals surface area contributed by atoms with Crippen LogP contribution in [0.15, 0.2) is 32.6 Å². The monoisotopic (exact) mass is 405 g/mol. The fourth-order valence-electron chi connectivity index (χ4n) is 1.75. The van der Waals surface area contributed by atoms with Crippen molar-refractivity contribution in [3.05, 3.63) is 38.6 Å². The molecular formula is C13H7BrF3N3O2S. The number of hydrogen-bond acceptors (Lipinski definition) is 5. The lowest BCUT2D eigenvalue weighted by Gasteiger charge is -2.11. The zero-order chi connectivity index (χ0) is 17.2. The third kappa shape index (κ3) is 4.27. The van der Waals surface area contributed by atoms with Gasteiger partial charge >= 0.3 is 6.36 Å². The van der Waals surface area contributed by atoms with Gasteiger partial charge < -0.3 is 9.72 Å². The molecule has 2 rings (SSSR count). The topological polar surface area (TPSA) is 78.8 Å². The van der Waals surface area contributed by atoms with Crippen LogP contribution in [0.3, 0.4) is 0 Å². The van der Waals surface area contributed by atoms with E-state index in [2.05, 4.69) is 30.6 Å². The second-order valence-corrected chi connectivity index (χ2v) is 5.84. The summed E-state index contributed by atoms with van der Waals surface area (Å²) >= 11 is 4.20. The van der Waals surface area contributed by atoms with E-state index in [0.29, 0.717) is 0 Å². The zero-order valence-electron chi connectivity index (χ0n) is 11.4. The first kappa shape index (κ1) is 17.4. The predicted molar refractivity (Wildman–Crippen MR) is 81.2 cm³/mol. The number of nitrogens with zero attached hydrogens (tertiary/aromatic N) is 2. The van der Waals surface area contributed by atoms with Gasteiger partial charge in [0.25, 0.3) is 5.56 Å². The molecule has 1 N–H and O–H groups in total. The molecule has 0 atom stereocenters. The number of hydrogen-bond donors (Lipinski definition) is 1. The van der Waals surface area contributed by atoms with Crippen molar-refractivity contribution >= 4 is 27.7 Å². The van der Waals surface area contributed by atoms with Gasteiger partial charge in [-0.1, -0.05) is 27.7 Å². The summed E-state index contributed by atoms with van der Waals surface area (Å²) in [5.41, 5.74) is -0.829. The van der Waals surface area contributed by atoms with Crippen LogP contribution in [-0.4, -0.2) is 22.6 Å². The van der Waals surface area contributed by atoms with Crippen LogP contribution in [-0.2, 0) is 0 Å². The fraction of sp³-hybridized carbons (Fsp3) is 0.154. The highest BCUT2D eigenvalue weighted by Gasteiger charge is 2.31. The Hall–Kier alpha value is -1.99. The summed E-state index contributed by atoms with van der Waals surface area (Å²) in [4.78, 5) is 18.4.